The van der Waals surface area contributed by atoms with Gasteiger partial charge in [-0.3, -0.25) is 15.1 Å². The molecule has 2 aliphatic rings. The van der Waals surface area contributed by atoms with Crippen molar-refractivity contribution < 1.29 is 0 Å². The molecule has 0 aromatic heterocycles. The number of hydrogen-bond donors (Lipinski definition) is 1. The molecule has 0 aromatic rings. The third-order valence-corrected chi connectivity index (χ3v) is 4.13. The van der Waals surface area contributed by atoms with Gasteiger partial charge in [0.05, 0.1) is 0 Å². The minimum absolute atomic E-state index is 0.110. The highest BCUT2D eigenvalue weighted by Gasteiger charge is 2.30. The summed E-state index contributed by atoms with van der Waals surface area (Å²) in [5.41, 5.74) is 0.363. The standard InChI is InChI=1S/C15H29N5/c1-15(2,3)12-18-8-10-20(11-9-18)14(17-13-16)19-6-4-5-7-19/h14,17H,4-12H2,1-3H3. The predicted octanol–water partition coefficient (Wildman–Crippen LogP) is 1.10. The molecule has 5 nitrogen and oxygen atoms in total. The van der Waals surface area contributed by atoms with Crippen LogP contribution in [0.2, 0.25) is 0 Å². The van der Waals surface area contributed by atoms with Gasteiger partial charge in [-0.1, -0.05) is 20.8 Å². The Balaban J connectivity index is 1.85. The van der Waals surface area contributed by atoms with Crippen LogP contribution in [-0.4, -0.2) is 66.8 Å². The highest BCUT2D eigenvalue weighted by Crippen LogP contribution is 2.18. The van der Waals surface area contributed by atoms with Crippen LogP contribution in [0.5, 0.6) is 0 Å². The molecule has 114 valence electrons. The van der Waals surface area contributed by atoms with E-state index >= 15 is 0 Å². The summed E-state index contributed by atoms with van der Waals surface area (Å²) in [5, 5.41) is 12.0. The van der Waals surface area contributed by atoms with Gasteiger partial charge in [-0.25, -0.2) is 0 Å². The van der Waals surface area contributed by atoms with E-state index in [9.17, 15) is 0 Å². The van der Waals surface area contributed by atoms with Crippen molar-refractivity contribution in [3.05, 3.63) is 0 Å². The van der Waals surface area contributed by atoms with Crippen molar-refractivity contribution in [3.63, 3.8) is 0 Å². The number of nitrogens with one attached hydrogen (secondary N) is 1. The second kappa shape index (κ2) is 6.75. The Morgan fingerprint density at radius 2 is 1.55 bits per heavy atom. The monoisotopic (exact) mass is 279 g/mol. The Bertz CT molecular complexity index is 329. The molecule has 2 aliphatic heterocycles. The van der Waals surface area contributed by atoms with Crippen molar-refractivity contribution in [2.24, 2.45) is 5.41 Å². The van der Waals surface area contributed by atoms with E-state index < -0.39 is 0 Å². The molecule has 2 heterocycles. The summed E-state index contributed by atoms with van der Waals surface area (Å²) in [6, 6.07) is 0. The Hall–Kier alpha value is -0.830. The fraction of sp³-hybridized carbons (Fsp3) is 0.933. The lowest BCUT2D eigenvalue weighted by molar-refractivity contribution is 0.00167. The fourth-order valence-corrected chi connectivity index (χ4v) is 3.29. The van der Waals surface area contributed by atoms with Crippen molar-refractivity contribution in [2.75, 3.05) is 45.8 Å². The van der Waals surface area contributed by atoms with Gasteiger partial charge >= 0.3 is 0 Å². The molecule has 2 fully saturated rings. The molecule has 0 radical (unpaired) electrons. The van der Waals surface area contributed by atoms with Crippen LogP contribution in [0, 0.1) is 16.9 Å². The van der Waals surface area contributed by atoms with Crippen molar-refractivity contribution in [2.45, 2.75) is 39.9 Å². The lowest BCUT2D eigenvalue weighted by Crippen LogP contribution is -2.60. The van der Waals surface area contributed by atoms with E-state index in [1.165, 1.54) is 12.8 Å². The van der Waals surface area contributed by atoms with Gasteiger partial charge in [-0.05, 0) is 18.3 Å². The molecule has 20 heavy (non-hydrogen) atoms. The van der Waals surface area contributed by atoms with Gasteiger partial charge in [0.15, 0.2) is 6.19 Å². The van der Waals surface area contributed by atoms with E-state index in [1.54, 1.807) is 0 Å². The summed E-state index contributed by atoms with van der Waals surface area (Å²) in [6.07, 6.45) is 4.77. The third-order valence-electron chi connectivity index (χ3n) is 4.13. The molecule has 1 N–H and O–H groups in total. The normalized spacial score (nSPS) is 24.5. The Labute approximate surface area is 123 Å². The van der Waals surface area contributed by atoms with E-state index in [2.05, 4.69) is 47.0 Å². The van der Waals surface area contributed by atoms with Gasteiger partial charge < -0.3 is 4.90 Å². The number of hydrogen-bond acceptors (Lipinski definition) is 5. The molecule has 2 saturated heterocycles. The van der Waals surface area contributed by atoms with Crippen LogP contribution in [0.4, 0.5) is 0 Å². The largest absolute Gasteiger partial charge is 0.300 e. The molecule has 0 amide bonds. The van der Waals surface area contributed by atoms with Gasteiger partial charge in [-0.2, -0.15) is 5.26 Å². The summed E-state index contributed by atoms with van der Waals surface area (Å²) in [7, 11) is 0. The highest BCUT2D eigenvalue weighted by atomic mass is 15.5. The van der Waals surface area contributed by atoms with Crippen molar-refractivity contribution >= 4 is 0 Å². The molecule has 0 saturated carbocycles. The number of likely N-dealkylation sites (tertiary alicyclic amines) is 1. The summed E-state index contributed by atoms with van der Waals surface area (Å²) in [6.45, 7) is 14.6. The first-order valence-electron chi connectivity index (χ1n) is 7.85. The highest BCUT2D eigenvalue weighted by molar-refractivity contribution is 4.85. The zero-order valence-electron chi connectivity index (χ0n) is 13.2. The maximum atomic E-state index is 9.01. The first kappa shape index (κ1) is 15.6. The molecule has 1 unspecified atom stereocenters. The molecule has 0 spiro atoms. The van der Waals surface area contributed by atoms with Crippen LogP contribution < -0.4 is 5.32 Å². The Morgan fingerprint density at radius 1 is 1.00 bits per heavy atom. The number of nitrogens with zero attached hydrogens (tertiary/aromatic N) is 4. The molecular weight excluding hydrogens is 250 g/mol. The average molecular weight is 279 g/mol. The topological polar surface area (TPSA) is 45.5 Å². The van der Waals surface area contributed by atoms with Gasteiger partial charge in [0.25, 0.3) is 0 Å². The summed E-state index contributed by atoms with van der Waals surface area (Å²) >= 11 is 0. The molecular formula is C15H29N5. The van der Waals surface area contributed by atoms with Crippen LogP contribution in [0.3, 0.4) is 0 Å². The van der Waals surface area contributed by atoms with Crippen LogP contribution in [0.15, 0.2) is 0 Å². The zero-order valence-corrected chi connectivity index (χ0v) is 13.2. The van der Waals surface area contributed by atoms with Gasteiger partial charge in [0, 0.05) is 45.8 Å². The molecule has 0 aliphatic carbocycles. The summed E-state index contributed by atoms with van der Waals surface area (Å²) in [4.78, 5) is 7.38. The SMILES string of the molecule is CC(C)(C)CN1CCN(C(NC#N)N2CCCC2)CC1. The van der Waals surface area contributed by atoms with E-state index in [1.807, 2.05) is 0 Å². The van der Waals surface area contributed by atoms with Gasteiger partial charge in [0.1, 0.15) is 6.29 Å². The lowest BCUT2D eigenvalue weighted by atomic mass is 9.96. The van der Waals surface area contributed by atoms with E-state index in [4.69, 9.17) is 5.26 Å². The summed E-state index contributed by atoms with van der Waals surface area (Å²) in [5.74, 6) is 0. The molecule has 5 heteroatoms. The molecule has 0 bridgehead atoms. The smallest absolute Gasteiger partial charge is 0.178 e. The average Bonchev–Trinajstić information content (AvgIpc) is 2.89. The molecule has 2 rings (SSSR count). The number of piperazine rings is 1. The van der Waals surface area contributed by atoms with Crippen LogP contribution >= 0.6 is 0 Å². The van der Waals surface area contributed by atoms with Crippen molar-refractivity contribution in [1.82, 2.24) is 20.0 Å². The maximum absolute atomic E-state index is 9.01. The number of nitriles is 1. The van der Waals surface area contributed by atoms with E-state index in [-0.39, 0.29) is 6.29 Å². The van der Waals surface area contributed by atoms with Gasteiger partial charge in [0.2, 0.25) is 0 Å². The van der Waals surface area contributed by atoms with E-state index in [0.717, 1.165) is 45.8 Å². The van der Waals surface area contributed by atoms with Crippen molar-refractivity contribution in [1.29, 1.82) is 5.26 Å². The predicted molar refractivity (Wildman–Crippen MR) is 80.8 cm³/mol. The first-order chi connectivity index (χ1) is 9.49. The van der Waals surface area contributed by atoms with Crippen LogP contribution in [-0.2, 0) is 0 Å². The Morgan fingerprint density at radius 3 is 2.05 bits per heavy atom. The minimum Gasteiger partial charge on any atom is -0.300 e. The minimum atomic E-state index is 0.110. The summed E-state index contributed by atoms with van der Waals surface area (Å²) < 4.78 is 0. The zero-order chi connectivity index (χ0) is 14.6. The van der Waals surface area contributed by atoms with Crippen molar-refractivity contribution in [3.8, 4) is 6.19 Å². The van der Waals surface area contributed by atoms with Gasteiger partial charge in [-0.15, -0.1) is 0 Å². The third kappa shape index (κ3) is 4.34. The fourth-order valence-electron chi connectivity index (χ4n) is 3.29. The van der Waals surface area contributed by atoms with Crippen LogP contribution in [0.1, 0.15) is 33.6 Å². The van der Waals surface area contributed by atoms with Crippen LogP contribution in [0.25, 0.3) is 0 Å². The first-order valence-corrected chi connectivity index (χ1v) is 7.85. The quantitative estimate of drug-likeness (QED) is 0.617. The molecule has 1 atom stereocenters. The molecule has 0 aromatic carbocycles. The maximum Gasteiger partial charge on any atom is 0.178 e. The number of rotatable bonds is 4. The lowest BCUT2D eigenvalue weighted by Gasteiger charge is -2.43. The Kier molecular flexibility index (Phi) is 5.25. The van der Waals surface area contributed by atoms with E-state index in [0.29, 0.717) is 5.41 Å². The second-order valence-electron chi connectivity index (χ2n) is 7.25. The second-order valence-corrected chi connectivity index (χ2v) is 7.25.